The normalized spacial score (nSPS) is 10.8. The summed E-state index contributed by atoms with van der Waals surface area (Å²) in [7, 11) is 1.36. The number of benzene rings is 1. The molecule has 0 spiro atoms. The van der Waals surface area contributed by atoms with Gasteiger partial charge in [-0.1, -0.05) is 0 Å². The SMILES string of the molecule is COc1cc(C(C)=O)cc(NC(=O)OC(C)(C)C)c1O. The number of nitrogens with one attached hydrogen (secondary N) is 1. The second-order valence-electron chi connectivity index (χ2n) is 5.26. The molecule has 0 unspecified atom stereocenters. The molecule has 0 atom stereocenters. The second kappa shape index (κ2) is 5.81. The monoisotopic (exact) mass is 281 g/mol. The average Bonchev–Trinajstić information content (AvgIpc) is 2.28. The van der Waals surface area contributed by atoms with Crippen molar-refractivity contribution in [2.45, 2.75) is 33.3 Å². The Balaban J connectivity index is 3.08. The first kappa shape index (κ1) is 15.8. The van der Waals surface area contributed by atoms with Gasteiger partial charge in [0.05, 0.1) is 12.8 Å². The minimum atomic E-state index is -0.726. The highest BCUT2D eigenvalue weighted by Crippen LogP contribution is 2.35. The number of aromatic hydroxyl groups is 1. The first-order valence-electron chi connectivity index (χ1n) is 6.06. The molecule has 1 aromatic rings. The number of methoxy groups -OCH3 is 1. The topological polar surface area (TPSA) is 84.9 Å². The fourth-order valence-corrected chi connectivity index (χ4v) is 1.48. The van der Waals surface area contributed by atoms with Gasteiger partial charge in [0.2, 0.25) is 0 Å². The highest BCUT2D eigenvalue weighted by molar-refractivity contribution is 5.98. The predicted molar refractivity (Wildman–Crippen MR) is 74.5 cm³/mol. The number of carbonyl (C=O) groups is 2. The molecule has 6 nitrogen and oxygen atoms in total. The number of phenolic OH excluding ortho intramolecular Hbond substituents is 1. The van der Waals surface area contributed by atoms with Gasteiger partial charge in [0.15, 0.2) is 17.3 Å². The van der Waals surface area contributed by atoms with E-state index in [2.05, 4.69) is 5.32 Å². The third-order valence-electron chi connectivity index (χ3n) is 2.34. The van der Waals surface area contributed by atoms with Gasteiger partial charge < -0.3 is 14.6 Å². The number of ether oxygens (including phenoxy) is 2. The largest absolute Gasteiger partial charge is 0.503 e. The number of ketones is 1. The maximum absolute atomic E-state index is 11.7. The van der Waals surface area contributed by atoms with Crippen LogP contribution >= 0.6 is 0 Å². The Morgan fingerprint density at radius 2 is 1.85 bits per heavy atom. The molecule has 0 fully saturated rings. The van der Waals surface area contributed by atoms with Crippen LogP contribution in [0.5, 0.6) is 11.5 Å². The van der Waals surface area contributed by atoms with E-state index in [1.807, 2.05) is 0 Å². The van der Waals surface area contributed by atoms with Crippen LogP contribution in [0.4, 0.5) is 10.5 Å². The van der Waals surface area contributed by atoms with Gasteiger partial charge in [-0.2, -0.15) is 0 Å². The summed E-state index contributed by atoms with van der Waals surface area (Å²) in [6, 6.07) is 2.77. The molecule has 0 aliphatic rings. The number of rotatable bonds is 3. The van der Waals surface area contributed by atoms with Crippen molar-refractivity contribution < 1.29 is 24.2 Å². The molecule has 0 aliphatic carbocycles. The Morgan fingerprint density at radius 1 is 1.25 bits per heavy atom. The maximum atomic E-state index is 11.7. The summed E-state index contributed by atoms with van der Waals surface area (Å²) in [5.41, 5.74) is -0.295. The van der Waals surface area contributed by atoms with Gasteiger partial charge in [-0.3, -0.25) is 10.1 Å². The summed E-state index contributed by atoms with van der Waals surface area (Å²) >= 11 is 0. The number of hydrogen-bond acceptors (Lipinski definition) is 5. The number of anilines is 1. The van der Waals surface area contributed by atoms with Crippen molar-refractivity contribution in [2.24, 2.45) is 0 Å². The van der Waals surface area contributed by atoms with Crippen LogP contribution in [0.3, 0.4) is 0 Å². The number of amides is 1. The summed E-state index contributed by atoms with van der Waals surface area (Å²) in [6.45, 7) is 6.54. The van der Waals surface area contributed by atoms with E-state index in [1.165, 1.54) is 26.2 Å². The minimum Gasteiger partial charge on any atom is -0.503 e. The average molecular weight is 281 g/mol. The number of carbonyl (C=O) groups excluding carboxylic acids is 2. The van der Waals surface area contributed by atoms with E-state index < -0.39 is 11.7 Å². The van der Waals surface area contributed by atoms with Crippen LogP contribution in [0.1, 0.15) is 38.1 Å². The minimum absolute atomic E-state index is 0.0591. The molecule has 0 aromatic heterocycles. The first-order chi connectivity index (χ1) is 9.14. The van der Waals surface area contributed by atoms with E-state index in [0.717, 1.165) is 0 Å². The molecule has 20 heavy (non-hydrogen) atoms. The van der Waals surface area contributed by atoms with Crippen LogP contribution in [-0.4, -0.2) is 29.7 Å². The molecule has 6 heteroatoms. The summed E-state index contributed by atoms with van der Waals surface area (Å²) in [5, 5.41) is 12.3. The molecule has 0 radical (unpaired) electrons. The Hall–Kier alpha value is -2.24. The smallest absolute Gasteiger partial charge is 0.412 e. The number of Topliss-reactive ketones (excluding diaryl/α,β-unsaturated/α-hetero) is 1. The third kappa shape index (κ3) is 4.15. The quantitative estimate of drug-likeness (QED) is 0.657. The molecule has 0 saturated heterocycles. The summed E-state index contributed by atoms with van der Waals surface area (Å²) < 4.78 is 10.0. The molecule has 1 aromatic carbocycles. The van der Waals surface area contributed by atoms with Crippen molar-refractivity contribution in [1.29, 1.82) is 0 Å². The number of phenols is 1. The molecule has 1 rings (SSSR count). The molecular formula is C14H19NO5. The van der Waals surface area contributed by atoms with Gasteiger partial charge in [-0.05, 0) is 39.8 Å². The molecule has 0 heterocycles. The summed E-state index contributed by atoms with van der Waals surface area (Å²) in [5.74, 6) is -0.373. The van der Waals surface area contributed by atoms with Crippen molar-refractivity contribution >= 4 is 17.6 Å². The zero-order chi connectivity index (χ0) is 15.5. The van der Waals surface area contributed by atoms with E-state index in [4.69, 9.17) is 9.47 Å². The lowest BCUT2D eigenvalue weighted by Gasteiger charge is -2.20. The van der Waals surface area contributed by atoms with Crippen molar-refractivity contribution in [3.05, 3.63) is 17.7 Å². The summed E-state index contributed by atoms with van der Waals surface area (Å²) in [6.07, 6.45) is -0.726. The predicted octanol–water partition coefficient (Wildman–Crippen LogP) is 2.95. The Kier molecular flexibility index (Phi) is 4.60. The van der Waals surface area contributed by atoms with E-state index in [1.54, 1.807) is 20.8 Å². The number of hydrogen-bond donors (Lipinski definition) is 2. The third-order valence-corrected chi connectivity index (χ3v) is 2.34. The van der Waals surface area contributed by atoms with Crippen molar-refractivity contribution in [3.8, 4) is 11.5 Å². The lowest BCUT2D eigenvalue weighted by molar-refractivity contribution is 0.0635. The zero-order valence-electron chi connectivity index (χ0n) is 12.2. The van der Waals surface area contributed by atoms with Crippen LogP contribution in [0.2, 0.25) is 0 Å². The van der Waals surface area contributed by atoms with Crippen LogP contribution in [0.25, 0.3) is 0 Å². The molecule has 0 saturated carbocycles. The van der Waals surface area contributed by atoms with E-state index in [9.17, 15) is 14.7 Å². The van der Waals surface area contributed by atoms with Gasteiger partial charge in [0, 0.05) is 5.56 Å². The van der Waals surface area contributed by atoms with Crippen LogP contribution < -0.4 is 10.1 Å². The maximum Gasteiger partial charge on any atom is 0.412 e. The Morgan fingerprint density at radius 3 is 2.30 bits per heavy atom. The van der Waals surface area contributed by atoms with E-state index in [-0.39, 0.29) is 23.0 Å². The highest BCUT2D eigenvalue weighted by Gasteiger charge is 2.19. The molecule has 0 aliphatic heterocycles. The van der Waals surface area contributed by atoms with Crippen molar-refractivity contribution in [1.82, 2.24) is 0 Å². The summed E-state index contributed by atoms with van der Waals surface area (Å²) in [4.78, 5) is 23.1. The van der Waals surface area contributed by atoms with Gasteiger partial charge in [-0.25, -0.2) is 4.79 Å². The molecule has 110 valence electrons. The van der Waals surface area contributed by atoms with Crippen LogP contribution in [-0.2, 0) is 4.74 Å². The van der Waals surface area contributed by atoms with Crippen molar-refractivity contribution in [3.63, 3.8) is 0 Å². The Bertz CT molecular complexity index is 531. The van der Waals surface area contributed by atoms with Gasteiger partial charge in [-0.15, -0.1) is 0 Å². The zero-order valence-corrected chi connectivity index (χ0v) is 12.2. The lowest BCUT2D eigenvalue weighted by atomic mass is 10.1. The second-order valence-corrected chi connectivity index (χ2v) is 5.26. The van der Waals surface area contributed by atoms with Gasteiger partial charge in [0.25, 0.3) is 0 Å². The molecule has 1 amide bonds. The standard InChI is InChI=1S/C14H19NO5/c1-8(16)9-6-10(12(17)11(7-9)19-5)15-13(18)20-14(2,3)4/h6-7,17H,1-5H3,(H,15,18). The van der Waals surface area contributed by atoms with Crippen LogP contribution in [0.15, 0.2) is 12.1 Å². The first-order valence-corrected chi connectivity index (χ1v) is 6.06. The van der Waals surface area contributed by atoms with E-state index in [0.29, 0.717) is 5.56 Å². The fourth-order valence-electron chi connectivity index (χ4n) is 1.48. The van der Waals surface area contributed by atoms with Gasteiger partial charge >= 0.3 is 6.09 Å². The van der Waals surface area contributed by atoms with Crippen molar-refractivity contribution in [2.75, 3.05) is 12.4 Å². The van der Waals surface area contributed by atoms with E-state index >= 15 is 0 Å². The highest BCUT2D eigenvalue weighted by atomic mass is 16.6. The fraction of sp³-hybridized carbons (Fsp3) is 0.429. The van der Waals surface area contributed by atoms with Crippen LogP contribution in [0, 0.1) is 0 Å². The molecule has 0 bridgehead atoms. The molecular weight excluding hydrogens is 262 g/mol. The lowest BCUT2D eigenvalue weighted by Crippen LogP contribution is -2.27. The Labute approximate surface area is 117 Å². The van der Waals surface area contributed by atoms with Gasteiger partial charge in [0.1, 0.15) is 5.60 Å². The molecule has 2 N–H and O–H groups in total.